The van der Waals surface area contributed by atoms with Crippen LogP contribution in [-0.4, -0.2) is 34.1 Å². The van der Waals surface area contributed by atoms with Gasteiger partial charge in [0.05, 0.1) is 0 Å². The van der Waals surface area contributed by atoms with E-state index < -0.39 is 0 Å². The molecule has 0 aliphatic carbocycles. The summed E-state index contributed by atoms with van der Waals surface area (Å²) in [6, 6.07) is 2.03. The second kappa shape index (κ2) is 8.35. The molecular formula is C14H25N5O. The lowest BCUT2D eigenvalue weighted by atomic mass is 10.2. The Morgan fingerprint density at radius 2 is 2.20 bits per heavy atom. The standard InChI is InChI=1S/C14H25N5O/c1-4-5-12-8-14(17-10-16-12)19(9-11(2)3)7-6-13(15)18-20/h8,10-11,20H,4-7,9H2,1-3H3,(H2,15,18). The van der Waals surface area contributed by atoms with Crippen LogP contribution < -0.4 is 10.6 Å². The third-order valence-electron chi connectivity index (χ3n) is 2.89. The Morgan fingerprint density at radius 1 is 1.45 bits per heavy atom. The molecule has 0 radical (unpaired) electrons. The summed E-state index contributed by atoms with van der Waals surface area (Å²) in [5, 5.41) is 11.6. The van der Waals surface area contributed by atoms with E-state index in [0.29, 0.717) is 18.9 Å². The van der Waals surface area contributed by atoms with Gasteiger partial charge in [0.1, 0.15) is 18.0 Å². The van der Waals surface area contributed by atoms with Crippen molar-refractivity contribution in [1.82, 2.24) is 9.97 Å². The van der Waals surface area contributed by atoms with Crippen molar-refractivity contribution in [2.24, 2.45) is 16.8 Å². The summed E-state index contributed by atoms with van der Waals surface area (Å²) in [7, 11) is 0. The number of hydrogen-bond donors (Lipinski definition) is 2. The highest BCUT2D eigenvalue weighted by Gasteiger charge is 2.11. The molecule has 0 spiro atoms. The van der Waals surface area contributed by atoms with Crippen LogP contribution in [0, 0.1) is 5.92 Å². The first-order valence-electron chi connectivity index (χ1n) is 7.09. The molecule has 0 unspecified atom stereocenters. The molecule has 3 N–H and O–H groups in total. The van der Waals surface area contributed by atoms with Gasteiger partial charge >= 0.3 is 0 Å². The minimum absolute atomic E-state index is 0.238. The quantitative estimate of drug-likeness (QED) is 0.329. The van der Waals surface area contributed by atoms with Crippen molar-refractivity contribution in [2.45, 2.75) is 40.0 Å². The molecule has 6 heteroatoms. The van der Waals surface area contributed by atoms with Gasteiger partial charge in [0.25, 0.3) is 0 Å². The van der Waals surface area contributed by atoms with Crippen molar-refractivity contribution in [3.05, 3.63) is 18.1 Å². The van der Waals surface area contributed by atoms with Crippen molar-refractivity contribution < 1.29 is 5.21 Å². The Balaban J connectivity index is 2.83. The molecule has 0 fully saturated rings. The molecular weight excluding hydrogens is 254 g/mol. The van der Waals surface area contributed by atoms with Gasteiger partial charge in [-0.05, 0) is 12.3 Å². The van der Waals surface area contributed by atoms with Crippen LogP contribution in [0.15, 0.2) is 17.5 Å². The molecule has 6 nitrogen and oxygen atoms in total. The molecule has 0 amide bonds. The minimum atomic E-state index is 0.238. The molecule has 0 bridgehead atoms. The van der Waals surface area contributed by atoms with E-state index in [1.54, 1.807) is 6.33 Å². The summed E-state index contributed by atoms with van der Waals surface area (Å²) in [6.45, 7) is 8.00. The lowest BCUT2D eigenvalue weighted by Gasteiger charge is -2.25. The molecule has 0 saturated carbocycles. The van der Waals surface area contributed by atoms with Gasteiger partial charge in [-0.3, -0.25) is 0 Å². The van der Waals surface area contributed by atoms with Gasteiger partial charge in [0, 0.05) is 31.3 Å². The van der Waals surface area contributed by atoms with Crippen LogP contribution in [0.1, 0.15) is 39.3 Å². The Hall–Kier alpha value is -1.85. The lowest BCUT2D eigenvalue weighted by molar-refractivity contribution is 0.317. The monoisotopic (exact) mass is 279 g/mol. The average molecular weight is 279 g/mol. The van der Waals surface area contributed by atoms with Gasteiger partial charge in [0.2, 0.25) is 0 Å². The molecule has 20 heavy (non-hydrogen) atoms. The zero-order chi connectivity index (χ0) is 15.0. The average Bonchev–Trinajstić information content (AvgIpc) is 2.43. The fourth-order valence-corrected chi connectivity index (χ4v) is 1.99. The number of nitrogens with zero attached hydrogens (tertiary/aromatic N) is 4. The Labute approximate surface area is 120 Å². The molecule has 0 atom stereocenters. The Kier molecular flexibility index (Phi) is 6.76. The fraction of sp³-hybridized carbons (Fsp3) is 0.643. The first-order valence-corrected chi connectivity index (χ1v) is 7.09. The summed E-state index contributed by atoms with van der Waals surface area (Å²) in [5.74, 6) is 1.65. The second-order valence-corrected chi connectivity index (χ2v) is 5.30. The van der Waals surface area contributed by atoms with Crippen LogP contribution in [0.2, 0.25) is 0 Å². The number of rotatable bonds is 8. The molecule has 1 aromatic rings. The van der Waals surface area contributed by atoms with E-state index in [2.05, 4.69) is 40.8 Å². The summed E-state index contributed by atoms with van der Waals surface area (Å²) >= 11 is 0. The molecule has 0 saturated heterocycles. The normalized spacial score (nSPS) is 11.9. The second-order valence-electron chi connectivity index (χ2n) is 5.30. The molecule has 0 aliphatic heterocycles. The van der Waals surface area contributed by atoms with E-state index in [4.69, 9.17) is 10.9 Å². The van der Waals surface area contributed by atoms with Crippen molar-refractivity contribution in [3.63, 3.8) is 0 Å². The van der Waals surface area contributed by atoms with E-state index in [1.165, 1.54) is 0 Å². The summed E-state index contributed by atoms with van der Waals surface area (Å²) in [4.78, 5) is 10.8. The molecule has 1 heterocycles. The smallest absolute Gasteiger partial charge is 0.140 e. The maximum Gasteiger partial charge on any atom is 0.140 e. The van der Waals surface area contributed by atoms with E-state index in [1.807, 2.05) is 6.07 Å². The first-order chi connectivity index (χ1) is 9.56. The summed E-state index contributed by atoms with van der Waals surface area (Å²) < 4.78 is 0. The maximum atomic E-state index is 8.63. The predicted molar refractivity (Wildman–Crippen MR) is 81.1 cm³/mol. The highest BCUT2D eigenvalue weighted by molar-refractivity contribution is 5.80. The van der Waals surface area contributed by atoms with E-state index in [0.717, 1.165) is 30.9 Å². The number of nitrogens with two attached hydrogens (primary N) is 1. The van der Waals surface area contributed by atoms with Gasteiger partial charge in [-0.25, -0.2) is 9.97 Å². The van der Waals surface area contributed by atoms with Gasteiger partial charge in [-0.1, -0.05) is 32.3 Å². The molecule has 112 valence electrons. The van der Waals surface area contributed by atoms with Crippen molar-refractivity contribution in [1.29, 1.82) is 0 Å². The number of hydrogen-bond acceptors (Lipinski definition) is 5. The summed E-state index contributed by atoms with van der Waals surface area (Å²) in [5.41, 5.74) is 6.60. The van der Waals surface area contributed by atoms with E-state index in [9.17, 15) is 0 Å². The topological polar surface area (TPSA) is 87.6 Å². The first kappa shape index (κ1) is 16.2. The van der Waals surface area contributed by atoms with Crippen LogP contribution in [-0.2, 0) is 6.42 Å². The number of aromatic nitrogens is 2. The largest absolute Gasteiger partial charge is 0.409 e. The van der Waals surface area contributed by atoms with E-state index >= 15 is 0 Å². The Morgan fingerprint density at radius 3 is 2.80 bits per heavy atom. The summed E-state index contributed by atoms with van der Waals surface area (Å²) in [6.07, 6.45) is 4.13. The fourth-order valence-electron chi connectivity index (χ4n) is 1.99. The molecule has 0 aromatic carbocycles. The minimum Gasteiger partial charge on any atom is -0.409 e. The number of anilines is 1. The number of oxime groups is 1. The van der Waals surface area contributed by atoms with Gasteiger partial charge in [-0.2, -0.15) is 0 Å². The van der Waals surface area contributed by atoms with Crippen LogP contribution in [0.25, 0.3) is 0 Å². The van der Waals surface area contributed by atoms with Crippen LogP contribution >= 0.6 is 0 Å². The SMILES string of the molecule is CCCc1cc(N(CCC(N)=NO)CC(C)C)ncn1. The zero-order valence-corrected chi connectivity index (χ0v) is 12.6. The van der Waals surface area contributed by atoms with Crippen LogP contribution in [0.3, 0.4) is 0 Å². The molecule has 1 rings (SSSR count). The third kappa shape index (κ3) is 5.42. The van der Waals surface area contributed by atoms with Crippen LogP contribution in [0.5, 0.6) is 0 Å². The van der Waals surface area contributed by atoms with Crippen molar-refractivity contribution in [2.75, 3.05) is 18.0 Å². The maximum absolute atomic E-state index is 8.63. The zero-order valence-electron chi connectivity index (χ0n) is 12.6. The highest BCUT2D eigenvalue weighted by Crippen LogP contribution is 2.14. The Bertz CT molecular complexity index is 433. The van der Waals surface area contributed by atoms with Gasteiger partial charge in [0.15, 0.2) is 0 Å². The molecule has 0 aliphatic rings. The van der Waals surface area contributed by atoms with Gasteiger partial charge < -0.3 is 15.8 Å². The van der Waals surface area contributed by atoms with Crippen molar-refractivity contribution in [3.8, 4) is 0 Å². The number of aryl methyl sites for hydroxylation is 1. The van der Waals surface area contributed by atoms with E-state index in [-0.39, 0.29) is 5.84 Å². The van der Waals surface area contributed by atoms with Crippen molar-refractivity contribution >= 4 is 11.7 Å². The highest BCUT2D eigenvalue weighted by atomic mass is 16.4. The number of amidine groups is 1. The lowest BCUT2D eigenvalue weighted by Crippen LogP contribution is -2.32. The third-order valence-corrected chi connectivity index (χ3v) is 2.89. The predicted octanol–water partition coefficient (Wildman–Crippen LogP) is 2.03. The van der Waals surface area contributed by atoms with Gasteiger partial charge in [-0.15, -0.1) is 0 Å². The molecule has 1 aromatic heterocycles. The van der Waals surface area contributed by atoms with Crippen LogP contribution in [0.4, 0.5) is 5.82 Å².